The molecule has 0 aliphatic rings. The fraction of sp³-hybridized carbons (Fsp3) is 0.133. The summed E-state index contributed by atoms with van der Waals surface area (Å²) < 4.78 is 38.3. The summed E-state index contributed by atoms with van der Waals surface area (Å²) in [6, 6.07) is 6.18. The van der Waals surface area contributed by atoms with E-state index in [4.69, 9.17) is 11.6 Å². The van der Waals surface area contributed by atoms with Gasteiger partial charge in [0.1, 0.15) is 0 Å². The lowest BCUT2D eigenvalue weighted by molar-refractivity contribution is -0.137. The van der Waals surface area contributed by atoms with Crippen LogP contribution in [0.15, 0.2) is 42.7 Å². The highest BCUT2D eigenvalue weighted by atomic mass is 35.5. The maximum Gasteiger partial charge on any atom is 0.417 e. The molecule has 0 atom stereocenters. The zero-order valence-electron chi connectivity index (χ0n) is 12.0. The Morgan fingerprint density at radius 1 is 1.17 bits per heavy atom. The molecule has 0 fully saturated rings. The molecule has 0 saturated heterocycles. The van der Waals surface area contributed by atoms with E-state index in [1.807, 2.05) is 0 Å². The van der Waals surface area contributed by atoms with Crippen LogP contribution in [-0.4, -0.2) is 16.8 Å². The van der Waals surface area contributed by atoms with Crippen LogP contribution >= 0.6 is 11.6 Å². The molecule has 5 nitrogen and oxygen atoms in total. The summed E-state index contributed by atoms with van der Waals surface area (Å²) in [7, 11) is 0. The van der Waals surface area contributed by atoms with Gasteiger partial charge in [0.05, 0.1) is 10.6 Å². The highest BCUT2D eigenvalue weighted by molar-refractivity contribution is 6.39. The van der Waals surface area contributed by atoms with E-state index in [9.17, 15) is 22.8 Å². The second-order valence-electron chi connectivity index (χ2n) is 4.69. The lowest BCUT2D eigenvalue weighted by Crippen LogP contribution is -2.35. The van der Waals surface area contributed by atoms with Gasteiger partial charge in [-0.15, -0.1) is 0 Å². The molecule has 2 amide bonds. The number of nitrogens with zero attached hydrogens (tertiary/aromatic N) is 1. The van der Waals surface area contributed by atoms with Crippen molar-refractivity contribution in [3.8, 4) is 0 Å². The van der Waals surface area contributed by atoms with E-state index in [1.165, 1.54) is 12.3 Å². The first kappa shape index (κ1) is 17.7. The van der Waals surface area contributed by atoms with E-state index in [2.05, 4.69) is 15.6 Å². The van der Waals surface area contributed by atoms with Crippen LogP contribution in [0.5, 0.6) is 0 Å². The van der Waals surface area contributed by atoms with Crippen molar-refractivity contribution in [2.75, 3.05) is 5.32 Å². The average Bonchev–Trinajstić information content (AvgIpc) is 2.54. The number of carbonyl (C=O) groups is 2. The van der Waals surface area contributed by atoms with Crippen LogP contribution < -0.4 is 10.6 Å². The number of pyridine rings is 1. The zero-order chi connectivity index (χ0) is 17.7. The van der Waals surface area contributed by atoms with Crippen molar-refractivity contribution in [2.24, 2.45) is 0 Å². The highest BCUT2D eigenvalue weighted by Gasteiger charge is 2.33. The summed E-state index contributed by atoms with van der Waals surface area (Å²) in [5.74, 6) is -2.07. The molecule has 0 saturated carbocycles. The number of anilines is 1. The molecule has 1 aromatic heterocycles. The van der Waals surface area contributed by atoms with Crippen LogP contribution in [0.2, 0.25) is 5.02 Å². The second kappa shape index (κ2) is 7.31. The van der Waals surface area contributed by atoms with Gasteiger partial charge in [-0.3, -0.25) is 14.6 Å². The molecule has 0 bridgehead atoms. The predicted molar refractivity (Wildman–Crippen MR) is 81.2 cm³/mol. The number of alkyl halides is 3. The number of benzene rings is 1. The van der Waals surface area contributed by atoms with Gasteiger partial charge in [-0.05, 0) is 29.8 Å². The van der Waals surface area contributed by atoms with Gasteiger partial charge in [0, 0.05) is 24.6 Å². The molecule has 2 rings (SSSR count). The van der Waals surface area contributed by atoms with Gasteiger partial charge < -0.3 is 10.6 Å². The largest absolute Gasteiger partial charge is 0.417 e. The average molecular weight is 358 g/mol. The van der Waals surface area contributed by atoms with Crippen LogP contribution in [0.25, 0.3) is 0 Å². The first-order chi connectivity index (χ1) is 11.3. The maximum absolute atomic E-state index is 12.8. The van der Waals surface area contributed by atoms with Crippen molar-refractivity contribution in [1.82, 2.24) is 10.3 Å². The standard InChI is InChI=1S/C15H11ClF3N3O2/c16-12-4-3-10(6-11(12)15(17,18)19)22-14(24)13(23)21-8-9-2-1-5-20-7-9/h1-7H,8H2,(H,21,23)(H,22,24). The molecule has 0 aliphatic heterocycles. The maximum atomic E-state index is 12.8. The Bertz CT molecular complexity index is 751. The number of hydrogen-bond acceptors (Lipinski definition) is 3. The highest BCUT2D eigenvalue weighted by Crippen LogP contribution is 2.36. The van der Waals surface area contributed by atoms with Crippen molar-refractivity contribution in [1.29, 1.82) is 0 Å². The summed E-state index contributed by atoms with van der Waals surface area (Å²) in [6.07, 6.45) is -1.61. The number of rotatable bonds is 3. The minimum Gasteiger partial charge on any atom is -0.344 e. The number of halogens is 4. The normalized spacial score (nSPS) is 11.0. The lowest BCUT2D eigenvalue weighted by Gasteiger charge is -2.11. The first-order valence-electron chi connectivity index (χ1n) is 6.62. The van der Waals surface area contributed by atoms with E-state index in [0.717, 1.165) is 6.07 Å². The van der Waals surface area contributed by atoms with Crippen LogP contribution in [-0.2, 0) is 22.3 Å². The Morgan fingerprint density at radius 3 is 2.54 bits per heavy atom. The molecule has 126 valence electrons. The summed E-state index contributed by atoms with van der Waals surface area (Å²) in [5, 5.41) is 3.93. The monoisotopic (exact) mass is 357 g/mol. The number of carbonyl (C=O) groups excluding carboxylic acids is 2. The Hall–Kier alpha value is -2.61. The molecule has 0 radical (unpaired) electrons. The Balaban J connectivity index is 2.00. The SMILES string of the molecule is O=C(NCc1cccnc1)C(=O)Nc1ccc(Cl)c(C(F)(F)F)c1. The topological polar surface area (TPSA) is 71.1 Å². The summed E-state index contributed by atoms with van der Waals surface area (Å²) in [6.45, 7) is 0.0640. The van der Waals surface area contributed by atoms with Gasteiger partial charge in [0.2, 0.25) is 0 Å². The van der Waals surface area contributed by atoms with Crippen molar-refractivity contribution < 1.29 is 22.8 Å². The van der Waals surface area contributed by atoms with Crippen LogP contribution in [0.3, 0.4) is 0 Å². The Kier molecular flexibility index (Phi) is 5.40. The van der Waals surface area contributed by atoms with Gasteiger partial charge in [-0.2, -0.15) is 13.2 Å². The smallest absolute Gasteiger partial charge is 0.344 e. The van der Waals surface area contributed by atoms with Gasteiger partial charge in [-0.1, -0.05) is 17.7 Å². The van der Waals surface area contributed by atoms with Crippen LogP contribution in [0.4, 0.5) is 18.9 Å². The molecule has 0 aliphatic carbocycles. The van der Waals surface area contributed by atoms with Crippen molar-refractivity contribution >= 4 is 29.1 Å². The summed E-state index contributed by atoms with van der Waals surface area (Å²) in [4.78, 5) is 27.2. The fourth-order valence-corrected chi connectivity index (χ4v) is 2.00. The van der Waals surface area contributed by atoms with Crippen LogP contribution in [0, 0.1) is 0 Å². The summed E-state index contributed by atoms with van der Waals surface area (Å²) >= 11 is 5.48. The van der Waals surface area contributed by atoms with Gasteiger partial charge in [0.25, 0.3) is 0 Å². The first-order valence-corrected chi connectivity index (χ1v) is 7.00. The van der Waals surface area contributed by atoms with E-state index in [0.29, 0.717) is 11.6 Å². The Labute approximate surface area is 139 Å². The van der Waals surface area contributed by atoms with Crippen molar-refractivity contribution in [3.63, 3.8) is 0 Å². The zero-order valence-corrected chi connectivity index (χ0v) is 12.8. The van der Waals surface area contributed by atoms with E-state index < -0.39 is 28.6 Å². The quantitative estimate of drug-likeness (QED) is 0.829. The summed E-state index contributed by atoms with van der Waals surface area (Å²) in [5.41, 5.74) is -0.615. The second-order valence-corrected chi connectivity index (χ2v) is 5.10. The van der Waals surface area contributed by atoms with E-state index >= 15 is 0 Å². The molecular weight excluding hydrogens is 347 g/mol. The minimum atomic E-state index is -4.67. The third-order valence-corrected chi connectivity index (χ3v) is 3.24. The number of hydrogen-bond donors (Lipinski definition) is 2. The van der Waals surface area contributed by atoms with Gasteiger partial charge in [0.15, 0.2) is 0 Å². The van der Waals surface area contributed by atoms with Crippen molar-refractivity contribution in [2.45, 2.75) is 12.7 Å². The third kappa shape index (κ3) is 4.69. The molecule has 9 heteroatoms. The minimum absolute atomic E-state index is 0.0640. The number of amides is 2. The van der Waals surface area contributed by atoms with Gasteiger partial charge >= 0.3 is 18.0 Å². The number of nitrogens with one attached hydrogen (secondary N) is 2. The third-order valence-electron chi connectivity index (χ3n) is 2.91. The fourth-order valence-electron chi connectivity index (χ4n) is 1.77. The Morgan fingerprint density at radius 2 is 1.92 bits per heavy atom. The van der Waals surface area contributed by atoms with E-state index in [1.54, 1.807) is 18.3 Å². The molecule has 0 unspecified atom stereocenters. The van der Waals surface area contributed by atoms with Crippen molar-refractivity contribution in [3.05, 3.63) is 58.9 Å². The lowest BCUT2D eigenvalue weighted by atomic mass is 10.2. The molecule has 1 heterocycles. The van der Waals surface area contributed by atoms with E-state index in [-0.39, 0.29) is 12.2 Å². The molecule has 2 aromatic rings. The number of aromatic nitrogens is 1. The molecule has 24 heavy (non-hydrogen) atoms. The van der Waals surface area contributed by atoms with Gasteiger partial charge in [-0.25, -0.2) is 0 Å². The molecule has 0 spiro atoms. The predicted octanol–water partition coefficient (Wildman–Crippen LogP) is 3.01. The molecule has 1 aromatic carbocycles. The molecule has 2 N–H and O–H groups in total. The molecular formula is C15H11ClF3N3O2. The van der Waals surface area contributed by atoms with Crippen LogP contribution in [0.1, 0.15) is 11.1 Å².